The van der Waals surface area contributed by atoms with E-state index in [2.05, 4.69) is 86.8 Å². The van der Waals surface area contributed by atoms with Crippen LogP contribution < -0.4 is 10.2 Å². The number of amides is 1. The Hall–Kier alpha value is -2.55. The molecule has 0 bridgehead atoms. The Morgan fingerprint density at radius 1 is 0.500 bits per heavy atom. The number of ether oxygens (including phenoxy) is 1. The number of quaternary nitrogens is 1. The molecule has 0 rings (SSSR count). The number of likely N-dealkylation sites (N-methyl/N-ethyl adjacent to an activating group) is 1. The average Bonchev–Trinajstić information content (AvgIpc) is 3.34. The number of hydrogen-bond acceptors (Lipinski definition) is 7. The number of nitrogens with one attached hydrogen (secondary N) is 1. The van der Waals surface area contributed by atoms with Crippen LogP contribution >= 0.6 is 7.82 Å². The van der Waals surface area contributed by atoms with Crippen LogP contribution in [0, 0.1) is 0 Å². The van der Waals surface area contributed by atoms with Crippen LogP contribution in [0.15, 0.2) is 72.9 Å². The van der Waals surface area contributed by atoms with Gasteiger partial charge in [-0.2, -0.15) is 0 Å². The van der Waals surface area contributed by atoms with Crippen molar-refractivity contribution < 1.29 is 37.3 Å². The summed E-state index contributed by atoms with van der Waals surface area (Å²) < 4.78 is 30.2. The molecule has 3 unspecified atom stereocenters. The molecule has 1 N–H and O–H groups in total. The number of carbonyl (C=O) groups is 2. The summed E-state index contributed by atoms with van der Waals surface area (Å²) in [5.41, 5.74) is 0. The van der Waals surface area contributed by atoms with Gasteiger partial charge in [0, 0.05) is 12.8 Å². The van der Waals surface area contributed by atoms with E-state index >= 15 is 0 Å². The molecule has 0 aromatic heterocycles. The van der Waals surface area contributed by atoms with Gasteiger partial charge in [0.15, 0.2) is 0 Å². The van der Waals surface area contributed by atoms with Crippen molar-refractivity contribution in [2.24, 2.45) is 0 Å². The molecule has 0 aromatic carbocycles. The Labute approximate surface area is 444 Å². The van der Waals surface area contributed by atoms with Crippen molar-refractivity contribution in [1.82, 2.24) is 5.32 Å². The van der Waals surface area contributed by atoms with Crippen molar-refractivity contribution in [3.8, 4) is 0 Å². The third kappa shape index (κ3) is 52.3. The molecule has 418 valence electrons. The van der Waals surface area contributed by atoms with E-state index < -0.39 is 26.6 Å². The van der Waals surface area contributed by atoms with Crippen molar-refractivity contribution in [1.29, 1.82) is 0 Å². The summed E-state index contributed by atoms with van der Waals surface area (Å²) in [6.07, 6.45) is 65.8. The molecule has 9 nitrogen and oxygen atoms in total. The highest BCUT2D eigenvalue weighted by Gasteiger charge is 2.27. The van der Waals surface area contributed by atoms with Gasteiger partial charge in [-0.15, -0.1) is 0 Å². The van der Waals surface area contributed by atoms with Crippen LogP contribution in [-0.2, 0) is 27.9 Å². The lowest BCUT2D eigenvalue weighted by Gasteiger charge is -2.30. The largest absolute Gasteiger partial charge is 0.756 e. The summed E-state index contributed by atoms with van der Waals surface area (Å²) in [5, 5.41) is 3.02. The molecule has 3 atom stereocenters. The van der Waals surface area contributed by atoms with Gasteiger partial charge in [0.25, 0.3) is 7.82 Å². The molecule has 10 heteroatoms. The van der Waals surface area contributed by atoms with Crippen LogP contribution in [0.5, 0.6) is 0 Å². The van der Waals surface area contributed by atoms with E-state index in [0.29, 0.717) is 23.9 Å². The molecule has 1 amide bonds. The van der Waals surface area contributed by atoms with Crippen molar-refractivity contribution in [3.05, 3.63) is 72.9 Å². The Kier molecular flexibility index (Phi) is 50.1. The summed E-state index contributed by atoms with van der Waals surface area (Å²) in [6.45, 7) is 6.71. The molecule has 0 radical (unpaired) electrons. The quantitative estimate of drug-likeness (QED) is 0.0212. The molecule has 0 aliphatic heterocycles. The van der Waals surface area contributed by atoms with E-state index in [1.165, 1.54) is 116 Å². The predicted molar refractivity (Wildman–Crippen MR) is 307 cm³/mol. The van der Waals surface area contributed by atoms with Gasteiger partial charge in [-0.3, -0.25) is 14.2 Å². The first kappa shape index (κ1) is 69.5. The van der Waals surface area contributed by atoms with Crippen LogP contribution in [0.25, 0.3) is 0 Å². The SMILES string of the molecule is CC/C=C\C/C=C\C/C=C\C/C=C\C/C=C\CCCCCCCC(=O)OC(/C=C/CCCCCCCCCCC)C(COP(=O)([O-])OCC[N+](C)(C)C)NC(=O)CCCCCCCCCCCCCCCC. The maximum Gasteiger partial charge on any atom is 0.306 e. The van der Waals surface area contributed by atoms with Gasteiger partial charge in [-0.05, 0) is 76.7 Å². The van der Waals surface area contributed by atoms with Gasteiger partial charge in [-0.1, -0.05) is 242 Å². The number of esters is 1. The van der Waals surface area contributed by atoms with E-state index in [4.69, 9.17) is 13.8 Å². The first-order chi connectivity index (χ1) is 34.9. The third-order valence-electron chi connectivity index (χ3n) is 12.9. The zero-order chi connectivity index (χ0) is 52.9. The highest BCUT2D eigenvalue weighted by Crippen LogP contribution is 2.38. The number of nitrogens with zero attached hydrogens (tertiary/aromatic N) is 1. The summed E-state index contributed by atoms with van der Waals surface area (Å²) in [6, 6.07) is -0.896. The number of unbranched alkanes of at least 4 members (excludes halogenated alkanes) is 27. The maximum absolute atomic E-state index is 13.5. The zero-order valence-electron chi connectivity index (χ0n) is 47.6. The van der Waals surface area contributed by atoms with Crippen LogP contribution in [-0.4, -0.2) is 69.4 Å². The second-order valence-corrected chi connectivity index (χ2v) is 22.5. The molecule has 72 heavy (non-hydrogen) atoms. The third-order valence-corrected chi connectivity index (χ3v) is 13.9. The lowest BCUT2D eigenvalue weighted by atomic mass is 10.0. The number of phosphoric acid groups is 1. The lowest BCUT2D eigenvalue weighted by molar-refractivity contribution is -0.870. The van der Waals surface area contributed by atoms with Crippen molar-refractivity contribution >= 4 is 19.7 Å². The summed E-state index contributed by atoms with van der Waals surface area (Å²) in [7, 11) is 1.17. The maximum atomic E-state index is 13.5. The Balaban J connectivity index is 5.28. The molecule has 0 saturated heterocycles. The summed E-state index contributed by atoms with van der Waals surface area (Å²) >= 11 is 0. The molecule has 0 heterocycles. The minimum absolute atomic E-state index is 0.0269. The Morgan fingerprint density at radius 2 is 0.889 bits per heavy atom. The van der Waals surface area contributed by atoms with Crippen molar-refractivity contribution in [2.45, 2.75) is 270 Å². The topological polar surface area (TPSA) is 114 Å². The van der Waals surface area contributed by atoms with E-state index in [0.717, 1.165) is 103 Å². The molecule has 0 spiro atoms. The number of rotatable bonds is 53. The van der Waals surface area contributed by atoms with Gasteiger partial charge in [0.1, 0.15) is 19.3 Å². The van der Waals surface area contributed by atoms with Gasteiger partial charge in [0.05, 0.1) is 33.8 Å². The van der Waals surface area contributed by atoms with Gasteiger partial charge >= 0.3 is 5.97 Å². The van der Waals surface area contributed by atoms with E-state index in [1.54, 1.807) is 0 Å². The Bertz CT molecular complexity index is 1460. The van der Waals surface area contributed by atoms with E-state index in [9.17, 15) is 19.0 Å². The number of phosphoric ester groups is 1. The van der Waals surface area contributed by atoms with Gasteiger partial charge in [0.2, 0.25) is 5.91 Å². The smallest absolute Gasteiger partial charge is 0.306 e. The normalized spacial score (nSPS) is 14.3. The molecular formula is C62H113N2O7P. The zero-order valence-corrected chi connectivity index (χ0v) is 48.5. The minimum atomic E-state index is -4.70. The van der Waals surface area contributed by atoms with Crippen LogP contribution in [0.3, 0.4) is 0 Å². The van der Waals surface area contributed by atoms with E-state index in [-0.39, 0.29) is 24.9 Å². The highest BCUT2D eigenvalue weighted by atomic mass is 31.2. The number of allylic oxidation sites excluding steroid dienone is 11. The summed E-state index contributed by atoms with van der Waals surface area (Å²) in [5.74, 6) is -0.561. The minimum Gasteiger partial charge on any atom is -0.756 e. The van der Waals surface area contributed by atoms with Gasteiger partial charge < -0.3 is 28.5 Å². The number of hydrogen-bond donors (Lipinski definition) is 1. The molecule has 0 aromatic rings. The standard InChI is InChI=1S/C62H113N2O7P/c1-7-10-13-16-19-22-25-27-29-30-31-32-33-34-35-37-40-43-46-49-52-55-62(66)71-60(53-50-47-44-41-38-24-21-18-15-12-9-3)59(58-70-72(67,68)69-57-56-64(4,5)6)63-61(65)54-51-48-45-42-39-36-28-26-23-20-17-14-11-8-2/h10,13,19,22,27,29,31-32,34-35,50,53,59-60H,7-9,11-12,14-18,20-21,23-26,28,30,33,36-49,51-52,54-58H2,1-6H3,(H-,63,65,67,68)/b13-10-,22-19-,29-27-,32-31-,35-34-,53-50+. The number of carbonyl (C=O) groups excluding carboxylic acids is 2. The fourth-order valence-corrected chi connectivity index (χ4v) is 9.04. The van der Waals surface area contributed by atoms with Crippen LogP contribution in [0.2, 0.25) is 0 Å². The first-order valence-electron chi connectivity index (χ1n) is 29.7. The Morgan fingerprint density at radius 3 is 1.33 bits per heavy atom. The van der Waals surface area contributed by atoms with Crippen molar-refractivity contribution in [2.75, 3.05) is 40.9 Å². The monoisotopic (exact) mass is 1030 g/mol. The molecular weight excluding hydrogens is 916 g/mol. The van der Waals surface area contributed by atoms with Crippen LogP contribution in [0.1, 0.15) is 258 Å². The fraction of sp³-hybridized carbons (Fsp3) is 0.774. The lowest BCUT2D eigenvalue weighted by Crippen LogP contribution is -2.47. The fourth-order valence-electron chi connectivity index (χ4n) is 8.31. The first-order valence-corrected chi connectivity index (χ1v) is 31.2. The second kappa shape index (κ2) is 51.9. The van der Waals surface area contributed by atoms with Crippen LogP contribution in [0.4, 0.5) is 0 Å². The molecule has 0 aliphatic rings. The van der Waals surface area contributed by atoms with Crippen molar-refractivity contribution in [3.63, 3.8) is 0 Å². The van der Waals surface area contributed by atoms with Gasteiger partial charge in [-0.25, -0.2) is 0 Å². The molecule has 0 aliphatic carbocycles. The highest BCUT2D eigenvalue weighted by molar-refractivity contribution is 7.45. The molecule has 0 saturated carbocycles. The average molecular weight is 1030 g/mol. The predicted octanol–water partition coefficient (Wildman–Crippen LogP) is 17.4. The van der Waals surface area contributed by atoms with E-state index in [1.807, 2.05) is 33.3 Å². The summed E-state index contributed by atoms with van der Waals surface area (Å²) in [4.78, 5) is 39.9. The second-order valence-electron chi connectivity index (χ2n) is 21.1. The molecule has 0 fully saturated rings.